The van der Waals surface area contributed by atoms with Crippen LogP contribution in [0.1, 0.15) is 43.2 Å². The molecule has 1 N–H and O–H groups in total. The molecule has 1 fully saturated rings. The minimum absolute atomic E-state index is 0.648. The van der Waals surface area contributed by atoms with E-state index in [0.29, 0.717) is 12.0 Å². The van der Waals surface area contributed by atoms with Gasteiger partial charge >= 0.3 is 0 Å². The van der Waals surface area contributed by atoms with Gasteiger partial charge in [-0.2, -0.15) is 0 Å². The topological polar surface area (TPSA) is 21.3 Å². The standard InChI is InChI=1S/C16H23NO/c1-3-5-13-15-12(10-17-13)9-8-11-6-4-7-14(18-2)16(11)15/h4,6-7,12-13,15,17H,3,5,8-10H2,1-2H3. The third-order valence-corrected chi connectivity index (χ3v) is 4.68. The number of aryl methyl sites for hydroxylation is 1. The van der Waals surface area contributed by atoms with Crippen LogP contribution in [-0.4, -0.2) is 19.7 Å². The molecular weight excluding hydrogens is 222 g/mol. The van der Waals surface area contributed by atoms with Crippen LogP contribution >= 0.6 is 0 Å². The smallest absolute Gasteiger partial charge is 0.122 e. The quantitative estimate of drug-likeness (QED) is 0.883. The Balaban J connectivity index is 2.02. The van der Waals surface area contributed by atoms with Gasteiger partial charge in [-0.25, -0.2) is 0 Å². The van der Waals surface area contributed by atoms with Gasteiger partial charge in [0.1, 0.15) is 5.75 Å². The molecule has 2 heteroatoms. The predicted octanol–water partition coefficient (Wildman–Crippen LogP) is 3.11. The monoisotopic (exact) mass is 245 g/mol. The normalized spacial score (nSPS) is 29.8. The van der Waals surface area contributed by atoms with Crippen LogP contribution in [0.2, 0.25) is 0 Å². The number of hydrogen-bond acceptors (Lipinski definition) is 2. The Kier molecular flexibility index (Phi) is 3.29. The summed E-state index contributed by atoms with van der Waals surface area (Å²) in [6, 6.07) is 7.20. The van der Waals surface area contributed by atoms with Crippen molar-refractivity contribution in [3.63, 3.8) is 0 Å². The Morgan fingerprint density at radius 2 is 2.28 bits per heavy atom. The molecule has 0 spiro atoms. The molecule has 1 aliphatic carbocycles. The van der Waals surface area contributed by atoms with Crippen LogP contribution in [0.25, 0.3) is 0 Å². The summed E-state index contributed by atoms with van der Waals surface area (Å²) in [4.78, 5) is 0. The molecule has 1 heterocycles. The third-order valence-electron chi connectivity index (χ3n) is 4.68. The largest absolute Gasteiger partial charge is 0.496 e. The first-order valence-electron chi connectivity index (χ1n) is 7.24. The Labute approximate surface area is 110 Å². The fourth-order valence-electron chi connectivity index (χ4n) is 3.90. The van der Waals surface area contributed by atoms with Crippen LogP contribution in [0.15, 0.2) is 18.2 Å². The highest BCUT2D eigenvalue weighted by Crippen LogP contribution is 2.46. The lowest BCUT2D eigenvalue weighted by molar-refractivity contribution is 0.364. The molecule has 3 unspecified atom stereocenters. The second-order valence-corrected chi connectivity index (χ2v) is 5.66. The van der Waals surface area contributed by atoms with E-state index >= 15 is 0 Å². The molecule has 1 saturated heterocycles. The van der Waals surface area contributed by atoms with E-state index in [1.807, 2.05) is 0 Å². The van der Waals surface area contributed by atoms with Crippen LogP contribution in [0.3, 0.4) is 0 Å². The molecule has 3 atom stereocenters. The second kappa shape index (κ2) is 4.93. The van der Waals surface area contributed by atoms with Gasteiger partial charge < -0.3 is 10.1 Å². The van der Waals surface area contributed by atoms with Gasteiger partial charge in [-0.1, -0.05) is 25.5 Å². The molecule has 0 radical (unpaired) electrons. The molecule has 3 rings (SSSR count). The van der Waals surface area contributed by atoms with Crippen molar-refractivity contribution in [1.82, 2.24) is 5.32 Å². The summed E-state index contributed by atoms with van der Waals surface area (Å²) in [6.07, 6.45) is 5.08. The summed E-state index contributed by atoms with van der Waals surface area (Å²) < 4.78 is 5.62. The summed E-state index contributed by atoms with van der Waals surface area (Å²) >= 11 is 0. The number of ether oxygens (including phenoxy) is 1. The number of rotatable bonds is 3. The molecule has 0 amide bonds. The van der Waals surface area contributed by atoms with Gasteiger partial charge in [-0.15, -0.1) is 0 Å². The van der Waals surface area contributed by atoms with Crippen LogP contribution in [0, 0.1) is 5.92 Å². The van der Waals surface area contributed by atoms with E-state index in [1.54, 1.807) is 7.11 Å². The SMILES string of the molecule is CCCC1NCC2CCc3cccc(OC)c3C21. The highest BCUT2D eigenvalue weighted by molar-refractivity contribution is 5.46. The van der Waals surface area contributed by atoms with Crippen molar-refractivity contribution in [2.24, 2.45) is 5.92 Å². The molecule has 1 aromatic carbocycles. The van der Waals surface area contributed by atoms with Gasteiger partial charge in [-0.3, -0.25) is 0 Å². The van der Waals surface area contributed by atoms with Crippen LogP contribution in [0.5, 0.6) is 5.75 Å². The molecule has 18 heavy (non-hydrogen) atoms. The zero-order valence-electron chi connectivity index (χ0n) is 11.4. The average molecular weight is 245 g/mol. The Bertz CT molecular complexity index is 415. The van der Waals surface area contributed by atoms with Crippen molar-refractivity contribution in [3.05, 3.63) is 29.3 Å². The van der Waals surface area contributed by atoms with E-state index < -0.39 is 0 Å². The van der Waals surface area contributed by atoms with E-state index in [1.165, 1.54) is 43.4 Å². The van der Waals surface area contributed by atoms with Crippen molar-refractivity contribution < 1.29 is 4.74 Å². The summed E-state index contributed by atoms with van der Waals surface area (Å²) in [5, 5.41) is 3.74. The van der Waals surface area contributed by atoms with Gasteiger partial charge in [0.2, 0.25) is 0 Å². The summed E-state index contributed by atoms with van der Waals surface area (Å²) in [5.41, 5.74) is 3.01. The number of hydrogen-bond donors (Lipinski definition) is 1. The molecule has 98 valence electrons. The molecule has 0 saturated carbocycles. The minimum Gasteiger partial charge on any atom is -0.496 e. The lowest BCUT2D eigenvalue weighted by atomic mass is 9.73. The molecule has 0 aromatic heterocycles. The fraction of sp³-hybridized carbons (Fsp3) is 0.625. The molecule has 2 aliphatic rings. The molecule has 2 nitrogen and oxygen atoms in total. The lowest BCUT2D eigenvalue weighted by Gasteiger charge is -2.32. The molecule has 0 bridgehead atoms. The summed E-state index contributed by atoms with van der Waals surface area (Å²) in [6.45, 7) is 3.47. The third kappa shape index (κ3) is 1.83. The van der Waals surface area contributed by atoms with Crippen LogP contribution < -0.4 is 10.1 Å². The molecule has 1 aliphatic heterocycles. The maximum absolute atomic E-state index is 5.62. The Morgan fingerprint density at radius 3 is 3.06 bits per heavy atom. The zero-order valence-corrected chi connectivity index (χ0v) is 11.4. The average Bonchev–Trinajstić information content (AvgIpc) is 2.82. The fourth-order valence-corrected chi connectivity index (χ4v) is 3.90. The Morgan fingerprint density at radius 1 is 1.39 bits per heavy atom. The predicted molar refractivity (Wildman–Crippen MR) is 74.2 cm³/mol. The minimum atomic E-state index is 0.648. The first-order valence-corrected chi connectivity index (χ1v) is 7.24. The highest BCUT2D eigenvalue weighted by atomic mass is 16.5. The maximum atomic E-state index is 5.62. The van der Waals surface area contributed by atoms with Gasteiger partial charge in [0.25, 0.3) is 0 Å². The van der Waals surface area contributed by atoms with Crippen molar-refractivity contribution in [3.8, 4) is 5.75 Å². The zero-order chi connectivity index (χ0) is 12.5. The van der Waals surface area contributed by atoms with Crippen LogP contribution in [0.4, 0.5) is 0 Å². The summed E-state index contributed by atoms with van der Waals surface area (Å²) in [7, 11) is 1.80. The van der Waals surface area contributed by atoms with E-state index in [9.17, 15) is 0 Å². The maximum Gasteiger partial charge on any atom is 0.122 e. The Hall–Kier alpha value is -1.02. The second-order valence-electron chi connectivity index (χ2n) is 5.66. The van der Waals surface area contributed by atoms with Gasteiger partial charge in [0.15, 0.2) is 0 Å². The van der Waals surface area contributed by atoms with E-state index in [2.05, 4.69) is 30.4 Å². The van der Waals surface area contributed by atoms with Gasteiger partial charge in [0.05, 0.1) is 7.11 Å². The number of methoxy groups -OCH3 is 1. The van der Waals surface area contributed by atoms with Crippen molar-refractivity contribution >= 4 is 0 Å². The van der Waals surface area contributed by atoms with Crippen molar-refractivity contribution in [2.45, 2.75) is 44.6 Å². The number of nitrogens with one attached hydrogen (secondary N) is 1. The van der Waals surface area contributed by atoms with Crippen molar-refractivity contribution in [1.29, 1.82) is 0 Å². The lowest BCUT2D eigenvalue weighted by Crippen LogP contribution is -2.28. The number of fused-ring (bicyclic) bond motifs is 3. The van der Waals surface area contributed by atoms with Gasteiger partial charge in [-0.05, 0) is 43.4 Å². The summed E-state index contributed by atoms with van der Waals surface area (Å²) in [5.74, 6) is 2.59. The first-order chi connectivity index (χ1) is 8.85. The van der Waals surface area contributed by atoms with E-state index in [0.717, 1.165) is 11.7 Å². The highest BCUT2D eigenvalue weighted by Gasteiger charge is 2.41. The van der Waals surface area contributed by atoms with E-state index in [4.69, 9.17) is 4.74 Å². The van der Waals surface area contributed by atoms with Gasteiger partial charge in [0, 0.05) is 17.5 Å². The molecular formula is C16H23NO. The molecule has 1 aromatic rings. The van der Waals surface area contributed by atoms with E-state index in [-0.39, 0.29) is 0 Å². The number of benzene rings is 1. The van der Waals surface area contributed by atoms with Crippen molar-refractivity contribution in [2.75, 3.05) is 13.7 Å². The van der Waals surface area contributed by atoms with Crippen LogP contribution in [-0.2, 0) is 6.42 Å². The first kappa shape index (κ1) is 12.0.